The molecule has 1 rings (SSSR count). The molecule has 1 aromatic heterocycles. The Morgan fingerprint density at radius 2 is 1.81 bits per heavy atom. The van der Waals surface area contributed by atoms with Gasteiger partial charge in [-0.3, -0.25) is 4.68 Å². The van der Waals surface area contributed by atoms with E-state index in [1.165, 1.54) is 13.1 Å². The molecule has 6 heteroatoms. The van der Waals surface area contributed by atoms with Crippen molar-refractivity contribution < 1.29 is 18.3 Å². The third kappa shape index (κ3) is 2.55. The summed E-state index contributed by atoms with van der Waals surface area (Å²) in [4.78, 5) is 0. The van der Waals surface area contributed by atoms with Crippen LogP contribution in [0.1, 0.15) is 38.3 Å². The summed E-state index contributed by atoms with van der Waals surface area (Å²) in [5.41, 5.74) is -0.0628. The minimum absolute atomic E-state index is 0.238. The number of alkyl halides is 3. The van der Waals surface area contributed by atoms with Crippen LogP contribution in [-0.2, 0) is 12.5 Å². The molecule has 0 spiro atoms. The second kappa shape index (κ2) is 3.76. The fraction of sp³-hybridized carbons (Fsp3) is 0.700. The molecule has 92 valence electrons. The van der Waals surface area contributed by atoms with Gasteiger partial charge < -0.3 is 5.11 Å². The van der Waals surface area contributed by atoms with Crippen molar-refractivity contribution in [2.75, 3.05) is 0 Å². The minimum Gasteiger partial charge on any atom is -0.378 e. The molecule has 0 aliphatic heterocycles. The second-order valence-electron chi connectivity index (χ2n) is 4.77. The lowest BCUT2D eigenvalue weighted by molar-refractivity contribution is -0.208. The number of aliphatic hydroxyl groups excluding tert-OH is 1. The molecule has 1 heterocycles. The zero-order valence-electron chi connectivity index (χ0n) is 9.63. The van der Waals surface area contributed by atoms with Crippen LogP contribution in [0.2, 0.25) is 0 Å². The molecule has 0 fully saturated rings. The molecule has 0 saturated heterocycles. The van der Waals surface area contributed by atoms with Gasteiger partial charge in [-0.1, -0.05) is 20.8 Å². The summed E-state index contributed by atoms with van der Waals surface area (Å²) in [5, 5.41) is 13.1. The molecular formula is C10H15F3N2O. The van der Waals surface area contributed by atoms with Gasteiger partial charge in [-0.2, -0.15) is 18.3 Å². The highest BCUT2D eigenvalue weighted by Crippen LogP contribution is 2.33. The van der Waals surface area contributed by atoms with Crippen molar-refractivity contribution in [3.63, 3.8) is 0 Å². The van der Waals surface area contributed by atoms with E-state index in [4.69, 9.17) is 5.11 Å². The highest BCUT2D eigenvalue weighted by atomic mass is 19.4. The van der Waals surface area contributed by atoms with E-state index in [9.17, 15) is 13.2 Å². The summed E-state index contributed by atoms with van der Waals surface area (Å²) >= 11 is 0. The van der Waals surface area contributed by atoms with Crippen molar-refractivity contribution in [2.45, 2.75) is 38.5 Å². The van der Waals surface area contributed by atoms with E-state index in [1.54, 1.807) is 0 Å². The van der Waals surface area contributed by atoms with Crippen LogP contribution >= 0.6 is 0 Å². The first kappa shape index (κ1) is 13.0. The van der Waals surface area contributed by atoms with Gasteiger partial charge in [-0.25, -0.2) is 0 Å². The Balaban J connectivity index is 3.13. The summed E-state index contributed by atoms with van der Waals surface area (Å²) in [6, 6.07) is 1.29. The Hall–Kier alpha value is -1.04. The first-order chi connectivity index (χ1) is 7.03. The topological polar surface area (TPSA) is 38.0 Å². The number of halogens is 3. The predicted molar refractivity (Wildman–Crippen MR) is 52.9 cm³/mol. The molecule has 1 atom stereocenters. The monoisotopic (exact) mass is 236 g/mol. The zero-order valence-corrected chi connectivity index (χ0v) is 9.63. The molecule has 0 saturated carbocycles. The molecule has 0 aromatic carbocycles. The lowest BCUT2D eigenvalue weighted by atomic mass is 9.92. The summed E-state index contributed by atoms with van der Waals surface area (Å²) in [7, 11) is 1.39. The maximum Gasteiger partial charge on any atom is 0.420 e. The lowest BCUT2D eigenvalue weighted by Gasteiger charge is -2.14. The van der Waals surface area contributed by atoms with Crippen molar-refractivity contribution in [3.05, 3.63) is 17.5 Å². The van der Waals surface area contributed by atoms with Crippen molar-refractivity contribution in [2.24, 2.45) is 7.05 Å². The van der Waals surface area contributed by atoms with Gasteiger partial charge in [0.2, 0.25) is 0 Å². The van der Waals surface area contributed by atoms with Crippen molar-refractivity contribution in [3.8, 4) is 0 Å². The van der Waals surface area contributed by atoms with Crippen molar-refractivity contribution >= 4 is 0 Å². The molecule has 1 aromatic rings. The zero-order chi connectivity index (χ0) is 12.7. The summed E-state index contributed by atoms with van der Waals surface area (Å²) in [5.74, 6) is 0. The number of aliphatic hydroxyl groups is 1. The molecule has 0 radical (unpaired) electrons. The summed E-state index contributed by atoms with van der Waals surface area (Å²) in [6.07, 6.45) is -7.15. The van der Waals surface area contributed by atoms with Gasteiger partial charge in [0.05, 0.1) is 11.4 Å². The average molecular weight is 236 g/mol. The van der Waals surface area contributed by atoms with E-state index in [-0.39, 0.29) is 11.1 Å². The van der Waals surface area contributed by atoms with E-state index in [0.717, 1.165) is 4.68 Å². The molecule has 16 heavy (non-hydrogen) atoms. The van der Waals surface area contributed by atoms with Crippen LogP contribution < -0.4 is 0 Å². The number of rotatable bonds is 1. The van der Waals surface area contributed by atoms with Crippen molar-refractivity contribution in [1.29, 1.82) is 0 Å². The van der Waals surface area contributed by atoms with Crippen LogP contribution in [0.25, 0.3) is 0 Å². The van der Waals surface area contributed by atoms with Crippen LogP contribution in [0, 0.1) is 0 Å². The van der Waals surface area contributed by atoms with Crippen LogP contribution in [0.3, 0.4) is 0 Å². The minimum atomic E-state index is -4.66. The van der Waals surface area contributed by atoms with Gasteiger partial charge in [0, 0.05) is 12.5 Å². The third-order valence-corrected chi connectivity index (χ3v) is 2.27. The SMILES string of the molecule is Cn1nc(C(C)(C)C)cc1[C@H](O)C(F)(F)F. The Labute approximate surface area is 91.9 Å². The Morgan fingerprint density at radius 1 is 1.31 bits per heavy atom. The van der Waals surface area contributed by atoms with Crippen LogP contribution in [0.15, 0.2) is 6.07 Å². The van der Waals surface area contributed by atoms with Crippen LogP contribution in [-0.4, -0.2) is 21.1 Å². The van der Waals surface area contributed by atoms with E-state index >= 15 is 0 Å². The molecule has 0 unspecified atom stereocenters. The first-order valence-corrected chi connectivity index (χ1v) is 4.82. The van der Waals surface area contributed by atoms with Gasteiger partial charge in [-0.15, -0.1) is 0 Å². The molecule has 0 aliphatic rings. The number of nitrogens with zero attached hydrogens (tertiary/aromatic N) is 2. The molecule has 0 amide bonds. The normalized spacial score (nSPS) is 15.2. The van der Waals surface area contributed by atoms with E-state index in [1.807, 2.05) is 20.8 Å². The standard InChI is InChI=1S/C10H15F3N2O/c1-9(2,3)7-5-6(15(4)14-7)8(16)10(11,12)13/h5,8,16H,1-4H3/t8-/m0/s1. The van der Waals surface area contributed by atoms with Crippen molar-refractivity contribution in [1.82, 2.24) is 9.78 Å². The predicted octanol–water partition coefficient (Wildman–Crippen LogP) is 2.31. The smallest absolute Gasteiger partial charge is 0.378 e. The largest absolute Gasteiger partial charge is 0.420 e. The summed E-state index contributed by atoms with van der Waals surface area (Å²) in [6.45, 7) is 5.54. The molecule has 3 nitrogen and oxygen atoms in total. The molecular weight excluding hydrogens is 221 g/mol. The quantitative estimate of drug-likeness (QED) is 0.812. The Bertz CT molecular complexity index is 376. The lowest BCUT2D eigenvalue weighted by Crippen LogP contribution is -2.22. The number of aryl methyl sites for hydroxylation is 1. The fourth-order valence-corrected chi connectivity index (χ4v) is 1.27. The van der Waals surface area contributed by atoms with Crippen LogP contribution in [0.4, 0.5) is 13.2 Å². The van der Waals surface area contributed by atoms with Gasteiger partial charge in [0.15, 0.2) is 6.10 Å². The molecule has 0 aliphatic carbocycles. The highest BCUT2D eigenvalue weighted by Gasteiger charge is 2.41. The number of hydrogen-bond acceptors (Lipinski definition) is 2. The fourth-order valence-electron chi connectivity index (χ4n) is 1.27. The maximum absolute atomic E-state index is 12.3. The van der Waals surface area contributed by atoms with Gasteiger partial charge in [-0.05, 0) is 6.07 Å². The Kier molecular flexibility index (Phi) is 3.06. The number of hydrogen-bond donors (Lipinski definition) is 1. The third-order valence-electron chi connectivity index (χ3n) is 2.27. The number of aromatic nitrogens is 2. The van der Waals surface area contributed by atoms with Gasteiger partial charge in [0.1, 0.15) is 0 Å². The Morgan fingerprint density at radius 3 is 2.12 bits per heavy atom. The average Bonchev–Trinajstić information content (AvgIpc) is 2.43. The first-order valence-electron chi connectivity index (χ1n) is 4.82. The second-order valence-corrected chi connectivity index (χ2v) is 4.77. The van der Waals surface area contributed by atoms with E-state index < -0.39 is 12.3 Å². The van der Waals surface area contributed by atoms with Gasteiger partial charge >= 0.3 is 6.18 Å². The molecule has 0 bridgehead atoms. The van der Waals surface area contributed by atoms with Crippen LogP contribution in [0.5, 0.6) is 0 Å². The maximum atomic E-state index is 12.3. The van der Waals surface area contributed by atoms with Gasteiger partial charge in [0.25, 0.3) is 0 Å². The van der Waals surface area contributed by atoms with E-state index in [2.05, 4.69) is 5.10 Å². The van der Waals surface area contributed by atoms with E-state index in [0.29, 0.717) is 5.69 Å². The molecule has 1 N–H and O–H groups in total. The highest BCUT2D eigenvalue weighted by molar-refractivity contribution is 5.19. The summed E-state index contributed by atoms with van der Waals surface area (Å²) < 4.78 is 38.1.